The Morgan fingerprint density at radius 1 is 1.16 bits per heavy atom. The summed E-state index contributed by atoms with van der Waals surface area (Å²) in [6.07, 6.45) is 2.99. The molecule has 2 heterocycles. The molecule has 2 N–H and O–H groups in total. The highest BCUT2D eigenvalue weighted by molar-refractivity contribution is 5.91. The molecule has 1 saturated heterocycles. The zero-order valence-electron chi connectivity index (χ0n) is 15.0. The number of fused-ring (bicyclic) bond motifs is 1. The average molecular weight is 343 g/mol. The van der Waals surface area contributed by atoms with Gasteiger partial charge in [0, 0.05) is 41.8 Å². The second-order valence-electron chi connectivity index (χ2n) is 7.54. The topological polar surface area (TPSA) is 77.6 Å². The molecular formula is C19H25N3O3. The van der Waals surface area contributed by atoms with Gasteiger partial charge in [0.25, 0.3) is 5.56 Å². The molecule has 1 aromatic heterocycles. The van der Waals surface area contributed by atoms with Crippen LogP contribution in [-0.4, -0.2) is 34.3 Å². The molecule has 6 heteroatoms. The van der Waals surface area contributed by atoms with Gasteiger partial charge >= 0.3 is 6.09 Å². The first-order valence-corrected chi connectivity index (χ1v) is 8.63. The lowest BCUT2D eigenvalue weighted by Gasteiger charge is -2.34. The second kappa shape index (κ2) is 6.43. The Morgan fingerprint density at radius 2 is 1.84 bits per heavy atom. The number of likely N-dealkylation sites (tertiary alicyclic amines) is 1. The molecule has 0 atom stereocenters. The van der Waals surface area contributed by atoms with Crippen molar-refractivity contribution in [2.45, 2.75) is 45.3 Å². The zero-order chi connectivity index (χ0) is 18.2. The smallest absolute Gasteiger partial charge is 0.410 e. The van der Waals surface area contributed by atoms with E-state index in [9.17, 15) is 9.59 Å². The molecule has 0 unspecified atom stereocenters. The van der Waals surface area contributed by atoms with Crippen molar-refractivity contribution in [3.8, 4) is 0 Å². The van der Waals surface area contributed by atoms with Crippen LogP contribution in [0, 0.1) is 0 Å². The molecular weight excluding hydrogens is 318 g/mol. The van der Waals surface area contributed by atoms with Gasteiger partial charge in [0.05, 0.1) is 0 Å². The number of nitrogens with two attached hydrogens (primary N) is 1. The van der Waals surface area contributed by atoms with E-state index >= 15 is 0 Å². The van der Waals surface area contributed by atoms with Crippen molar-refractivity contribution in [2.24, 2.45) is 0 Å². The number of carbonyl (C=O) groups excluding carboxylic acids is 1. The minimum Gasteiger partial charge on any atom is -0.444 e. The van der Waals surface area contributed by atoms with E-state index in [1.807, 2.05) is 33.0 Å². The molecule has 2 aromatic rings. The Morgan fingerprint density at radius 3 is 2.48 bits per heavy atom. The number of piperidine rings is 1. The first-order chi connectivity index (χ1) is 11.8. The third kappa shape index (κ3) is 3.62. The molecule has 0 spiro atoms. The molecule has 6 nitrogen and oxygen atoms in total. The number of ether oxygens (including phenoxy) is 1. The quantitative estimate of drug-likeness (QED) is 0.807. The van der Waals surface area contributed by atoms with Crippen molar-refractivity contribution in [1.29, 1.82) is 0 Å². The van der Waals surface area contributed by atoms with Crippen LogP contribution >= 0.6 is 0 Å². The van der Waals surface area contributed by atoms with Gasteiger partial charge in [0.1, 0.15) is 5.60 Å². The lowest BCUT2D eigenvalue weighted by atomic mass is 10.0. The van der Waals surface area contributed by atoms with Gasteiger partial charge in [-0.15, -0.1) is 0 Å². The molecule has 3 rings (SSSR count). The number of hydrogen-bond donors (Lipinski definition) is 1. The summed E-state index contributed by atoms with van der Waals surface area (Å²) in [6, 6.07) is 7.38. The summed E-state index contributed by atoms with van der Waals surface area (Å²) in [5, 5.41) is 1.42. The highest BCUT2D eigenvalue weighted by Gasteiger charge is 2.28. The molecule has 1 fully saturated rings. The van der Waals surface area contributed by atoms with Crippen LogP contribution in [0.2, 0.25) is 0 Å². The monoisotopic (exact) mass is 343 g/mol. The van der Waals surface area contributed by atoms with Crippen molar-refractivity contribution >= 4 is 22.6 Å². The molecule has 0 bridgehead atoms. The minimum atomic E-state index is -0.497. The van der Waals surface area contributed by atoms with Gasteiger partial charge in [-0.05, 0) is 51.8 Å². The number of amides is 1. The number of hydrogen-bond acceptors (Lipinski definition) is 4. The van der Waals surface area contributed by atoms with Crippen molar-refractivity contribution in [2.75, 3.05) is 18.8 Å². The largest absolute Gasteiger partial charge is 0.444 e. The van der Waals surface area contributed by atoms with Crippen LogP contribution in [-0.2, 0) is 4.74 Å². The average Bonchev–Trinajstić information content (AvgIpc) is 2.55. The summed E-state index contributed by atoms with van der Waals surface area (Å²) >= 11 is 0. The standard InChI is InChI=1S/C19H25N3O3/c1-19(2,3)25-18(24)21-10-7-13(8-11-21)22-12-9-14-15(17(22)23)5-4-6-16(14)20/h4-6,9,12-13H,7-8,10-11,20H2,1-3H3. The van der Waals surface area contributed by atoms with Crippen LogP contribution in [0.5, 0.6) is 0 Å². The zero-order valence-corrected chi connectivity index (χ0v) is 15.0. The summed E-state index contributed by atoms with van der Waals surface area (Å²) < 4.78 is 7.19. The number of anilines is 1. The Balaban J connectivity index is 1.75. The van der Waals surface area contributed by atoms with Crippen molar-refractivity contribution in [3.63, 3.8) is 0 Å². The third-order valence-corrected chi connectivity index (χ3v) is 4.52. The summed E-state index contributed by atoms with van der Waals surface area (Å²) in [7, 11) is 0. The maximum Gasteiger partial charge on any atom is 0.410 e. The van der Waals surface area contributed by atoms with Crippen LogP contribution in [0.1, 0.15) is 39.7 Å². The number of aromatic nitrogens is 1. The van der Waals surface area contributed by atoms with E-state index in [2.05, 4.69) is 0 Å². The van der Waals surface area contributed by atoms with E-state index in [-0.39, 0.29) is 17.7 Å². The van der Waals surface area contributed by atoms with E-state index in [1.54, 1.807) is 27.7 Å². The third-order valence-electron chi connectivity index (χ3n) is 4.52. The van der Waals surface area contributed by atoms with Crippen molar-refractivity contribution in [3.05, 3.63) is 40.8 Å². The first-order valence-electron chi connectivity index (χ1n) is 8.63. The highest BCUT2D eigenvalue weighted by Crippen LogP contribution is 2.24. The summed E-state index contributed by atoms with van der Waals surface area (Å²) in [4.78, 5) is 26.7. The van der Waals surface area contributed by atoms with Crippen LogP contribution < -0.4 is 11.3 Å². The fraction of sp³-hybridized carbons (Fsp3) is 0.474. The number of rotatable bonds is 1. The Labute approximate surface area is 147 Å². The van der Waals surface area contributed by atoms with Crippen LogP contribution in [0.4, 0.5) is 10.5 Å². The molecule has 1 aliphatic rings. The molecule has 1 aliphatic heterocycles. The molecule has 0 saturated carbocycles. The fourth-order valence-corrected chi connectivity index (χ4v) is 3.26. The molecule has 0 radical (unpaired) electrons. The van der Waals surface area contributed by atoms with Gasteiger partial charge < -0.3 is 19.9 Å². The number of nitrogen functional groups attached to an aromatic ring is 1. The Bertz CT molecular complexity index is 843. The van der Waals surface area contributed by atoms with Crippen molar-refractivity contribution in [1.82, 2.24) is 9.47 Å². The summed E-state index contributed by atoms with van der Waals surface area (Å²) in [6.45, 7) is 6.75. The van der Waals surface area contributed by atoms with E-state index in [1.165, 1.54) is 0 Å². The lowest BCUT2D eigenvalue weighted by Crippen LogP contribution is -2.43. The number of pyridine rings is 1. The molecule has 25 heavy (non-hydrogen) atoms. The number of carbonyl (C=O) groups is 1. The number of benzene rings is 1. The van der Waals surface area contributed by atoms with E-state index in [4.69, 9.17) is 10.5 Å². The molecule has 1 aromatic carbocycles. The van der Waals surface area contributed by atoms with Gasteiger partial charge in [-0.3, -0.25) is 4.79 Å². The van der Waals surface area contributed by atoms with Crippen LogP contribution in [0.15, 0.2) is 35.3 Å². The summed E-state index contributed by atoms with van der Waals surface area (Å²) in [5.74, 6) is 0. The minimum absolute atomic E-state index is 0.0273. The van der Waals surface area contributed by atoms with Crippen molar-refractivity contribution < 1.29 is 9.53 Å². The lowest BCUT2D eigenvalue weighted by molar-refractivity contribution is 0.0187. The van der Waals surface area contributed by atoms with Gasteiger partial charge in [-0.1, -0.05) is 6.07 Å². The predicted octanol–water partition coefficient (Wildman–Crippen LogP) is 3.16. The van der Waals surface area contributed by atoms with Gasteiger partial charge in [0.15, 0.2) is 0 Å². The van der Waals surface area contributed by atoms with Crippen LogP contribution in [0.25, 0.3) is 10.8 Å². The highest BCUT2D eigenvalue weighted by atomic mass is 16.6. The Kier molecular flexibility index (Phi) is 4.45. The molecule has 1 amide bonds. The van der Waals surface area contributed by atoms with Gasteiger partial charge in [0.2, 0.25) is 0 Å². The number of nitrogens with zero attached hydrogens (tertiary/aromatic N) is 2. The maximum atomic E-state index is 12.8. The molecule has 0 aliphatic carbocycles. The second-order valence-corrected chi connectivity index (χ2v) is 7.54. The van der Waals surface area contributed by atoms with Crippen LogP contribution in [0.3, 0.4) is 0 Å². The maximum absolute atomic E-state index is 12.8. The summed E-state index contributed by atoms with van der Waals surface area (Å²) in [5.41, 5.74) is 6.04. The van der Waals surface area contributed by atoms with E-state index in [0.717, 1.165) is 18.2 Å². The van der Waals surface area contributed by atoms with E-state index < -0.39 is 5.60 Å². The fourth-order valence-electron chi connectivity index (χ4n) is 3.26. The molecule has 134 valence electrons. The Hall–Kier alpha value is -2.50. The predicted molar refractivity (Wildman–Crippen MR) is 98.7 cm³/mol. The normalized spacial score (nSPS) is 16.2. The van der Waals surface area contributed by atoms with Gasteiger partial charge in [-0.25, -0.2) is 4.79 Å². The SMILES string of the molecule is CC(C)(C)OC(=O)N1CCC(n2ccc3c(N)cccc3c2=O)CC1. The first kappa shape index (κ1) is 17.3. The van der Waals surface area contributed by atoms with E-state index in [0.29, 0.717) is 24.2 Å². The van der Waals surface area contributed by atoms with Gasteiger partial charge in [-0.2, -0.15) is 0 Å².